The minimum atomic E-state index is -5.05. The van der Waals surface area contributed by atoms with Crippen LogP contribution < -0.4 is 14.9 Å². The molecule has 0 radical (unpaired) electrons. The molecule has 0 fully saturated rings. The van der Waals surface area contributed by atoms with Crippen LogP contribution in [0.3, 0.4) is 0 Å². The number of carbonyl (C=O) groups excluding carboxylic acids is 1. The predicted molar refractivity (Wildman–Crippen MR) is 122 cm³/mol. The lowest BCUT2D eigenvalue weighted by Gasteiger charge is -2.13. The third-order valence-corrected chi connectivity index (χ3v) is 4.75. The molecule has 8 nitrogen and oxygen atoms in total. The molecular formula is C25H14F3NO7. The van der Waals surface area contributed by atoms with Crippen LogP contribution in [0.2, 0.25) is 0 Å². The van der Waals surface area contributed by atoms with E-state index < -0.39 is 39.6 Å². The lowest BCUT2D eigenvalue weighted by Crippen LogP contribution is -2.15. The first-order valence-corrected chi connectivity index (χ1v) is 10.2. The topological polar surface area (TPSA) is 109 Å². The smallest absolute Gasteiger partial charge is 0.449 e. The summed E-state index contributed by atoms with van der Waals surface area (Å²) >= 11 is 0. The Morgan fingerprint density at radius 2 is 1.72 bits per heavy atom. The first-order chi connectivity index (χ1) is 17.1. The largest absolute Gasteiger partial charge is 0.453 e. The van der Waals surface area contributed by atoms with Crippen molar-refractivity contribution >= 4 is 28.7 Å². The fraction of sp³-hybridized carbons (Fsp3) is 0.0400. The van der Waals surface area contributed by atoms with Gasteiger partial charge in [0.25, 0.3) is 11.4 Å². The number of nitro groups is 1. The number of alkyl halides is 3. The van der Waals surface area contributed by atoms with E-state index in [0.29, 0.717) is 5.56 Å². The SMILES string of the molecule is O=C(/C=C/c1cccc([N+](=O)[O-])c1)Oc1ccc2c(=O)c(Oc3ccccc3)c(C(F)(F)F)oc2c1. The fourth-order valence-corrected chi connectivity index (χ4v) is 3.16. The monoisotopic (exact) mass is 497 g/mol. The van der Waals surface area contributed by atoms with Gasteiger partial charge in [0.1, 0.15) is 17.1 Å². The van der Waals surface area contributed by atoms with E-state index in [1.807, 2.05) is 0 Å². The lowest BCUT2D eigenvalue weighted by atomic mass is 10.2. The number of halogens is 3. The summed E-state index contributed by atoms with van der Waals surface area (Å²) in [4.78, 5) is 35.2. The molecule has 0 aliphatic carbocycles. The Kier molecular flexibility index (Phi) is 6.55. The van der Waals surface area contributed by atoms with Gasteiger partial charge in [-0.3, -0.25) is 14.9 Å². The fourth-order valence-electron chi connectivity index (χ4n) is 3.16. The van der Waals surface area contributed by atoms with Gasteiger partial charge in [-0.1, -0.05) is 30.3 Å². The first kappa shape index (κ1) is 24.2. The highest BCUT2D eigenvalue weighted by Gasteiger charge is 2.40. The molecule has 1 heterocycles. The zero-order valence-corrected chi connectivity index (χ0v) is 18.0. The Labute approximate surface area is 200 Å². The summed E-state index contributed by atoms with van der Waals surface area (Å²) in [7, 11) is 0. The van der Waals surface area contributed by atoms with Crippen LogP contribution in [0.25, 0.3) is 17.0 Å². The van der Waals surface area contributed by atoms with Crippen molar-refractivity contribution in [2.75, 3.05) is 0 Å². The predicted octanol–water partition coefficient (Wildman–Crippen LogP) is 6.13. The normalized spacial score (nSPS) is 11.5. The number of hydrogen-bond acceptors (Lipinski definition) is 7. The van der Waals surface area contributed by atoms with Crippen molar-refractivity contribution in [3.05, 3.63) is 111 Å². The number of rotatable bonds is 6. The van der Waals surface area contributed by atoms with Crippen LogP contribution in [-0.4, -0.2) is 10.9 Å². The highest BCUT2D eigenvalue weighted by molar-refractivity contribution is 5.89. The van der Waals surface area contributed by atoms with Crippen molar-refractivity contribution in [2.45, 2.75) is 6.18 Å². The van der Waals surface area contributed by atoms with Crippen molar-refractivity contribution < 1.29 is 36.8 Å². The molecule has 4 aromatic rings. The molecule has 36 heavy (non-hydrogen) atoms. The maximum absolute atomic E-state index is 13.7. The molecule has 0 bridgehead atoms. The quantitative estimate of drug-likeness (QED) is 0.104. The van der Waals surface area contributed by atoms with Crippen LogP contribution in [0.5, 0.6) is 17.2 Å². The molecule has 0 N–H and O–H groups in total. The van der Waals surface area contributed by atoms with Crippen molar-refractivity contribution in [3.63, 3.8) is 0 Å². The van der Waals surface area contributed by atoms with Gasteiger partial charge < -0.3 is 13.9 Å². The van der Waals surface area contributed by atoms with Crippen molar-refractivity contribution in [3.8, 4) is 17.2 Å². The van der Waals surface area contributed by atoms with E-state index in [9.17, 15) is 32.9 Å². The molecule has 0 saturated carbocycles. The third-order valence-electron chi connectivity index (χ3n) is 4.75. The number of para-hydroxylation sites is 1. The summed E-state index contributed by atoms with van der Waals surface area (Å²) < 4.78 is 56.2. The maximum atomic E-state index is 13.7. The molecule has 0 saturated heterocycles. The molecule has 182 valence electrons. The van der Waals surface area contributed by atoms with E-state index in [4.69, 9.17) is 13.9 Å². The maximum Gasteiger partial charge on any atom is 0.453 e. The summed E-state index contributed by atoms with van der Waals surface area (Å²) in [5.41, 5.74) is -1.35. The number of esters is 1. The van der Waals surface area contributed by atoms with Crippen molar-refractivity contribution in [1.29, 1.82) is 0 Å². The number of non-ortho nitro benzene ring substituents is 1. The molecule has 0 amide bonds. The van der Waals surface area contributed by atoms with Crippen LogP contribution >= 0.6 is 0 Å². The molecule has 0 spiro atoms. The minimum absolute atomic E-state index is 0.00994. The van der Waals surface area contributed by atoms with Gasteiger partial charge in [-0.05, 0) is 35.9 Å². The number of benzene rings is 3. The zero-order valence-electron chi connectivity index (χ0n) is 18.0. The number of hydrogen-bond donors (Lipinski definition) is 0. The highest BCUT2D eigenvalue weighted by atomic mass is 19.4. The van der Waals surface area contributed by atoms with Crippen molar-refractivity contribution in [1.82, 2.24) is 0 Å². The van der Waals surface area contributed by atoms with Gasteiger partial charge in [-0.15, -0.1) is 0 Å². The molecule has 4 rings (SSSR count). The molecule has 0 aliphatic heterocycles. The standard InChI is InChI=1S/C25H14F3NO7/c26-25(27,28)24-23(35-17-7-2-1-3-8-17)22(31)19-11-10-18(14-20(19)36-24)34-21(30)12-9-15-5-4-6-16(13-15)29(32)33/h1-14H/b12-9+. The van der Waals surface area contributed by atoms with Crippen LogP contribution in [0.1, 0.15) is 11.3 Å². The Bertz CT molecular complexity index is 1540. The molecule has 0 aliphatic rings. The second-order valence-corrected chi connectivity index (χ2v) is 7.27. The van der Waals surface area contributed by atoms with Gasteiger partial charge in [-0.25, -0.2) is 4.79 Å². The van der Waals surface area contributed by atoms with Gasteiger partial charge in [0.15, 0.2) is 0 Å². The van der Waals surface area contributed by atoms with E-state index in [0.717, 1.165) is 18.2 Å². The van der Waals surface area contributed by atoms with Crippen molar-refractivity contribution in [2.24, 2.45) is 0 Å². The van der Waals surface area contributed by atoms with Crippen LogP contribution in [0.4, 0.5) is 18.9 Å². The molecule has 3 aromatic carbocycles. The minimum Gasteiger partial charge on any atom is -0.449 e. The summed E-state index contributed by atoms with van der Waals surface area (Å²) in [6.07, 6.45) is -2.80. The molecule has 11 heteroatoms. The average molecular weight is 497 g/mol. The van der Waals surface area contributed by atoms with Gasteiger partial charge in [0, 0.05) is 24.3 Å². The van der Waals surface area contributed by atoms with E-state index in [2.05, 4.69) is 0 Å². The van der Waals surface area contributed by atoms with Crippen LogP contribution in [-0.2, 0) is 11.0 Å². The Hall–Kier alpha value is -4.93. The summed E-state index contributed by atoms with van der Waals surface area (Å²) in [5, 5.41) is 10.6. The number of nitrogens with zero attached hydrogens (tertiary/aromatic N) is 1. The van der Waals surface area contributed by atoms with Crippen LogP contribution in [0, 0.1) is 10.1 Å². The molecule has 0 unspecified atom stereocenters. The van der Waals surface area contributed by atoms with Gasteiger partial charge in [-0.2, -0.15) is 13.2 Å². The van der Waals surface area contributed by atoms with E-state index >= 15 is 0 Å². The average Bonchev–Trinajstić information content (AvgIpc) is 2.84. The second-order valence-electron chi connectivity index (χ2n) is 7.27. The first-order valence-electron chi connectivity index (χ1n) is 10.2. The number of nitro benzene ring substituents is 1. The van der Waals surface area contributed by atoms with Gasteiger partial charge >= 0.3 is 12.1 Å². The Morgan fingerprint density at radius 1 is 0.972 bits per heavy atom. The highest BCUT2D eigenvalue weighted by Crippen LogP contribution is 2.38. The second kappa shape index (κ2) is 9.74. The summed E-state index contributed by atoms with van der Waals surface area (Å²) in [6, 6.07) is 16.2. The van der Waals surface area contributed by atoms with Gasteiger partial charge in [0.05, 0.1) is 10.3 Å². The van der Waals surface area contributed by atoms with Gasteiger partial charge in [0.2, 0.25) is 11.2 Å². The molecule has 1 aromatic heterocycles. The summed E-state index contributed by atoms with van der Waals surface area (Å²) in [5.74, 6) is -3.76. The zero-order chi connectivity index (χ0) is 25.9. The van der Waals surface area contributed by atoms with E-state index in [-0.39, 0.29) is 22.6 Å². The molecule has 0 atom stereocenters. The summed E-state index contributed by atoms with van der Waals surface area (Å²) in [6.45, 7) is 0. The number of carbonyl (C=O) groups is 1. The lowest BCUT2D eigenvalue weighted by molar-refractivity contribution is -0.384. The molecular weight excluding hydrogens is 483 g/mol. The van der Waals surface area contributed by atoms with E-state index in [1.165, 1.54) is 60.7 Å². The van der Waals surface area contributed by atoms with Crippen LogP contribution in [0.15, 0.2) is 88.1 Å². The Morgan fingerprint density at radius 3 is 2.42 bits per heavy atom. The third kappa shape index (κ3) is 5.41. The number of fused-ring (bicyclic) bond motifs is 1. The number of ether oxygens (including phenoxy) is 2. The Balaban J connectivity index is 1.63. The van der Waals surface area contributed by atoms with E-state index in [1.54, 1.807) is 6.07 Å².